The van der Waals surface area contributed by atoms with E-state index in [9.17, 15) is 4.79 Å². The molecule has 8 heteroatoms. The molecule has 8 nitrogen and oxygen atoms in total. The first-order valence-corrected chi connectivity index (χ1v) is 10.4. The SMILES string of the molecule is O=c1ccc2cnc(Nc3ccc(-c4nn[nH]n4)cc3)cc2n1C1CCCCCC1. The molecular weight excluding hydrogens is 378 g/mol. The number of benzene rings is 1. The van der Waals surface area contributed by atoms with Gasteiger partial charge in [-0.3, -0.25) is 4.79 Å². The van der Waals surface area contributed by atoms with Gasteiger partial charge in [0.15, 0.2) is 0 Å². The average Bonchev–Trinajstić information content (AvgIpc) is 3.18. The van der Waals surface area contributed by atoms with Crippen LogP contribution < -0.4 is 10.9 Å². The first-order valence-electron chi connectivity index (χ1n) is 10.4. The van der Waals surface area contributed by atoms with Crippen LogP contribution in [-0.2, 0) is 0 Å². The summed E-state index contributed by atoms with van der Waals surface area (Å²) >= 11 is 0. The highest BCUT2D eigenvalue weighted by Crippen LogP contribution is 2.29. The minimum Gasteiger partial charge on any atom is -0.340 e. The highest BCUT2D eigenvalue weighted by molar-refractivity contribution is 5.81. The van der Waals surface area contributed by atoms with Crippen molar-refractivity contribution >= 4 is 22.4 Å². The summed E-state index contributed by atoms with van der Waals surface area (Å²) in [6.07, 6.45) is 8.81. The summed E-state index contributed by atoms with van der Waals surface area (Å²) < 4.78 is 1.98. The van der Waals surface area contributed by atoms with Crippen LogP contribution in [0, 0.1) is 0 Å². The zero-order valence-corrected chi connectivity index (χ0v) is 16.6. The van der Waals surface area contributed by atoms with E-state index in [1.54, 1.807) is 6.07 Å². The highest BCUT2D eigenvalue weighted by Gasteiger charge is 2.17. The molecule has 152 valence electrons. The standard InChI is InChI=1S/C22H23N7O/c30-21-12-9-16-14-23-20(13-19(16)29(21)18-5-3-1-2-4-6-18)24-17-10-7-15(8-11-17)22-25-27-28-26-22/h7-14,18H,1-6H2,(H,23,24)(H,25,26,27,28). The molecule has 1 aromatic carbocycles. The Kier molecular flexibility index (Phi) is 4.96. The first kappa shape index (κ1) is 18.5. The lowest BCUT2D eigenvalue weighted by molar-refractivity contribution is 0.445. The van der Waals surface area contributed by atoms with Gasteiger partial charge in [-0.2, -0.15) is 5.21 Å². The van der Waals surface area contributed by atoms with Crippen LogP contribution >= 0.6 is 0 Å². The van der Waals surface area contributed by atoms with Crippen LogP contribution in [-0.4, -0.2) is 30.2 Å². The van der Waals surface area contributed by atoms with Crippen molar-refractivity contribution in [2.24, 2.45) is 0 Å². The van der Waals surface area contributed by atoms with Gasteiger partial charge in [0, 0.05) is 41.0 Å². The Morgan fingerprint density at radius 1 is 1.00 bits per heavy atom. The summed E-state index contributed by atoms with van der Waals surface area (Å²) in [6, 6.07) is 13.5. The number of fused-ring (bicyclic) bond motifs is 1. The first-order chi connectivity index (χ1) is 14.8. The van der Waals surface area contributed by atoms with E-state index in [2.05, 4.69) is 30.9 Å². The quantitative estimate of drug-likeness (QED) is 0.497. The number of rotatable bonds is 4. The van der Waals surface area contributed by atoms with Crippen molar-refractivity contribution in [1.29, 1.82) is 0 Å². The van der Waals surface area contributed by atoms with E-state index in [0.717, 1.165) is 35.0 Å². The predicted octanol–water partition coefficient (Wildman–Crippen LogP) is 4.22. The largest absolute Gasteiger partial charge is 0.340 e. The zero-order chi connectivity index (χ0) is 20.3. The third-order valence-corrected chi connectivity index (χ3v) is 5.77. The van der Waals surface area contributed by atoms with Gasteiger partial charge in [-0.1, -0.05) is 25.7 Å². The Bertz CT molecular complexity index is 1190. The van der Waals surface area contributed by atoms with Crippen LogP contribution in [0.2, 0.25) is 0 Å². The van der Waals surface area contributed by atoms with Gasteiger partial charge in [-0.05, 0) is 48.4 Å². The maximum atomic E-state index is 12.8. The number of anilines is 2. The molecule has 1 fully saturated rings. The topological polar surface area (TPSA) is 101 Å². The van der Waals surface area contributed by atoms with E-state index in [0.29, 0.717) is 11.6 Å². The molecule has 1 saturated carbocycles. The second-order valence-corrected chi connectivity index (χ2v) is 7.75. The fraction of sp³-hybridized carbons (Fsp3) is 0.318. The molecule has 0 atom stereocenters. The van der Waals surface area contributed by atoms with Crippen LogP contribution in [0.3, 0.4) is 0 Å². The minimum atomic E-state index is 0.0658. The lowest BCUT2D eigenvalue weighted by atomic mass is 10.1. The normalized spacial score (nSPS) is 15.2. The molecule has 4 aromatic rings. The molecule has 3 heterocycles. The van der Waals surface area contributed by atoms with E-state index in [4.69, 9.17) is 0 Å². The number of aromatic amines is 1. The monoisotopic (exact) mass is 401 g/mol. The predicted molar refractivity (Wildman–Crippen MR) is 116 cm³/mol. The van der Waals surface area contributed by atoms with E-state index >= 15 is 0 Å². The summed E-state index contributed by atoms with van der Waals surface area (Å²) in [5, 5.41) is 18.3. The lowest BCUT2D eigenvalue weighted by Crippen LogP contribution is -2.24. The Labute approximate surface area is 173 Å². The number of nitrogens with zero attached hydrogens (tertiary/aromatic N) is 5. The Hall–Kier alpha value is -3.55. The number of hydrogen-bond acceptors (Lipinski definition) is 6. The van der Waals surface area contributed by atoms with Crippen molar-refractivity contribution < 1.29 is 0 Å². The number of aromatic nitrogens is 6. The van der Waals surface area contributed by atoms with E-state index in [-0.39, 0.29) is 11.6 Å². The summed E-state index contributed by atoms with van der Waals surface area (Å²) in [7, 11) is 0. The number of tetrazole rings is 1. The summed E-state index contributed by atoms with van der Waals surface area (Å²) in [5.74, 6) is 1.26. The molecule has 2 N–H and O–H groups in total. The molecule has 0 radical (unpaired) electrons. The fourth-order valence-electron chi connectivity index (χ4n) is 4.25. The smallest absolute Gasteiger partial charge is 0.251 e. The molecule has 0 unspecified atom stereocenters. The molecule has 30 heavy (non-hydrogen) atoms. The van der Waals surface area contributed by atoms with Crippen LogP contribution in [0.15, 0.2) is 53.5 Å². The van der Waals surface area contributed by atoms with E-state index < -0.39 is 0 Å². The third-order valence-electron chi connectivity index (χ3n) is 5.77. The van der Waals surface area contributed by atoms with Gasteiger partial charge >= 0.3 is 0 Å². The average molecular weight is 401 g/mol. The van der Waals surface area contributed by atoms with E-state index in [1.807, 2.05) is 47.2 Å². The lowest BCUT2D eigenvalue weighted by Gasteiger charge is -2.20. The summed E-state index contributed by atoms with van der Waals surface area (Å²) in [4.78, 5) is 17.3. The molecule has 0 saturated heterocycles. The van der Waals surface area contributed by atoms with Crippen molar-refractivity contribution in [3.05, 3.63) is 59.0 Å². The second-order valence-electron chi connectivity index (χ2n) is 7.75. The molecule has 0 amide bonds. The fourth-order valence-corrected chi connectivity index (χ4v) is 4.25. The maximum absolute atomic E-state index is 12.8. The number of nitrogens with one attached hydrogen (secondary N) is 2. The summed E-state index contributed by atoms with van der Waals surface area (Å²) in [6.45, 7) is 0. The highest BCUT2D eigenvalue weighted by atomic mass is 16.1. The molecule has 3 aromatic heterocycles. The van der Waals surface area contributed by atoms with Crippen molar-refractivity contribution in [3.63, 3.8) is 0 Å². The van der Waals surface area contributed by atoms with Crippen LogP contribution in [0.25, 0.3) is 22.3 Å². The van der Waals surface area contributed by atoms with Crippen molar-refractivity contribution in [3.8, 4) is 11.4 Å². The number of pyridine rings is 2. The van der Waals surface area contributed by atoms with Crippen molar-refractivity contribution in [2.45, 2.75) is 44.6 Å². The van der Waals surface area contributed by atoms with Gasteiger partial charge < -0.3 is 9.88 Å². The molecular formula is C22H23N7O. The Balaban J connectivity index is 1.46. The van der Waals surface area contributed by atoms with Crippen molar-refractivity contribution in [2.75, 3.05) is 5.32 Å². The number of H-pyrrole nitrogens is 1. The van der Waals surface area contributed by atoms with Crippen molar-refractivity contribution in [1.82, 2.24) is 30.2 Å². The van der Waals surface area contributed by atoms with Gasteiger partial charge in [-0.15, -0.1) is 10.2 Å². The molecule has 0 bridgehead atoms. The van der Waals surface area contributed by atoms with Crippen LogP contribution in [0.1, 0.15) is 44.6 Å². The van der Waals surface area contributed by atoms with E-state index in [1.165, 1.54) is 25.7 Å². The van der Waals surface area contributed by atoms with Gasteiger partial charge in [0.1, 0.15) is 5.82 Å². The van der Waals surface area contributed by atoms with Gasteiger partial charge in [0.25, 0.3) is 5.56 Å². The van der Waals surface area contributed by atoms with Gasteiger partial charge in [-0.25, -0.2) is 4.98 Å². The summed E-state index contributed by atoms with van der Waals surface area (Å²) in [5.41, 5.74) is 2.78. The molecule has 1 aliphatic rings. The number of hydrogen-bond donors (Lipinski definition) is 2. The third kappa shape index (κ3) is 3.68. The molecule has 0 spiro atoms. The molecule has 5 rings (SSSR count). The van der Waals surface area contributed by atoms with Gasteiger partial charge in [0.2, 0.25) is 5.82 Å². The Morgan fingerprint density at radius 2 is 1.80 bits per heavy atom. The minimum absolute atomic E-state index is 0.0658. The zero-order valence-electron chi connectivity index (χ0n) is 16.6. The van der Waals surface area contributed by atoms with Crippen LogP contribution in [0.5, 0.6) is 0 Å². The second kappa shape index (κ2) is 8.06. The van der Waals surface area contributed by atoms with Crippen LogP contribution in [0.4, 0.5) is 11.5 Å². The molecule has 0 aliphatic heterocycles. The maximum Gasteiger partial charge on any atom is 0.251 e. The van der Waals surface area contributed by atoms with Gasteiger partial charge in [0.05, 0.1) is 5.52 Å². The Morgan fingerprint density at radius 3 is 2.53 bits per heavy atom. The molecule has 1 aliphatic carbocycles.